The molecular weight excluding hydrogens is 465 g/mol. The predicted molar refractivity (Wildman–Crippen MR) is 120 cm³/mol. The molecule has 0 saturated carbocycles. The van der Waals surface area contributed by atoms with Crippen molar-refractivity contribution in [2.45, 2.75) is 11.5 Å². The summed E-state index contributed by atoms with van der Waals surface area (Å²) in [6, 6.07) is 8.94. The van der Waals surface area contributed by atoms with Crippen molar-refractivity contribution in [1.82, 2.24) is 34.9 Å². The van der Waals surface area contributed by atoms with Crippen molar-refractivity contribution in [3.05, 3.63) is 60.3 Å². The van der Waals surface area contributed by atoms with E-state index >= 15 is 0 Å². The van der Waals surface area contributed by atoms with Gasteiger partial charge in [0, 0.05) is 31.8 Å². The maximum Gasteiger partial charge on any atom is 0.261 e. The minimum absolute atomic E-state index is 0.0776. The molecule has 178 valence electrons. The van der Waals surface area contributed by atoms with E-state index in [1.54, 1.807) is 37.1 Å². The Morgan fingerprint density at radius 1 is 1.18 bits per heavy atom. The van der Waals surface area contributed by atoms with Gasteiger partial charge in [0.25, 0.3) is 5.89 Å². The van der Waals surface area contributed by atoms with Gasteiger partial charge in [-0.2, -0.15) is 10.1 Å². The number of nitrogens with zero attached hydrogens (tertiary/aromatic N) is 5. The van der Waals surface area contributed by atoms with Crippen LogP contribution in [0.3, 0.4) is 0 Å². The van der Waals surface area contributed by atoms with Crippen molar-refractivity contribution in [2.24, 2.45) is 7.05 Å². The van der Waals surface area contributed by atoms with E-state index in [1.165, 1.54) is 24.3 Å². The van der Waals surface area contributed by atoms with Crippen LogP contribution in [0.1, 0.15) is 5.69 Å². The molecule has 0 fully saturated rings. The summed E-state index contributed by atoms with van der Waals surface area (Å²) < 4.78 is 53.3. The Morgan fingerprint density at radius 2 is 2.03 bits per heavy atom. The molecular formula is C21H22FN7O4S. The summed E-state index contributed by atoms with van der Waals surface area (Å²) in [4.78, 5) is 8.37. The van der Waals surface area contributed by atoms with Crippen molar-refractivity contribution in [3.8, 4) is 28.7 Å². The minimum atomic E-state index is -3.68. The van der Waals surface area contributed by atoms with Crippen molar-refractivity contribution in [2.75, 3.05) is 20.1 Å². The third kappa shape index (κ3) is 5.27. The number of likely N-dealkylation sites (N-methyl/N-ethyl adjacent to an activating group) is 1. The van der Waals surface area contributed by atoms with Gasteiger partial charge in [-0.05, 0) is 25.2 Å². The third-order valence-corrected chi connectivity index (χ3v) is 6.30. The summed E-state index contributed by atoms with van der Waals surface area (Å²) in [5, 5.41) is 11.1. The van der Waals surface area contributed by atoms with E-state index in [9.17, 15) is 12.8 Å². The summed E-state index contributed by atoms with van der Waals surface area (Å²) in [5.74, 6) is 0.200. The summed E-state index contributed by atoms with van der Waals surface area (Å²) in [5.41, 5.74) is 1.65. The van der Waals surface area contributed by atoms with Crippen LogP contribution in [0.5, 0.6) is 5.88 Å². The lowest BCUT2D eigenvalue weighted by atomic mass is 10.2. The lowest BCUT2D eigenvalue weighted by Crippen LogP contribution is -2.30. The van der Waals surface area contributed by atoms with E-state index in [0.29, 0.717) is 23.4 Å². The molecule has 0 aliphatic heterocycles. The number of aromatic nitrogens is 5. The van der Waals surface area contributed by atoms with Gasteiger partial charge in [0.1, 0.15) is 12.4 Å². The van der Waals surface area contributed by atoms with Crippen LogP contribution in [-0.4, -0.2) is 53.5 Å². The quantitative estimate of drug-likeness (QED) is 0.321. The summed E-state index contributed by atoms with van der Waals surface area (Å²) in [6.07, 6.45) is 2.62. The molecule has 0 spiro atoms. The SMILES string of the molecule is CNCCNS(=O)(=O)c1cccc(-c2noc(-c3cnn(C)c3COc3ccc(F)cn3)n2)c1. The first-order valence-corrected chi connectivity index (χ1v) is 11.7. The van der Waals surface area contributed by atoms with E-state index in [0.717, 1.165) is 6.20 Å². The Bertz CT molecular complexity index is 1370. The van der Waals surface area contributed by atoms with Gasteiger partial charge in [0.05, 0.1) is 28.5 Å². The van der Waals surface area contributed by atoms with Crippen LogP contribution in [0.4, 0.5) is 4.39 Å². The van der Waals surface area contributed by atoms with Crippen LogP contribution in [0, 0.1) is 5.82 Å². The van der Waals surface area contributed by atoms with E-state index in [4.69, 9.17) is 9.26 Å². The molecule has 0 saturated heterocycles. The lowest BCUT2D eigenvalue weighted by molar-refractivity contribution is 0.282. The molecule has 4 rings (SSSR count). The Hall–Kier alpha value is -3.68. The maximum atomic E-state index is 13.1. The zero-order valence-electron chi connectivity index (χ0n) is 18.4. The second-order valence-electron chi connectivity index (χ2n) is 7.18. The van der Waals surface area contributed by atoms with Crippen LogP contribution in [0.2, 0.25) is 0 Å². The molecule has 3 heterocycles. The van der Waals surface area contributed by atoms with Crippen LogP contribution in [0.15, 0.2) is 58.2 Å². The molecule has 34 heavy (non-hydrogen) atoms. The molecule has 0 aliphatic rings. The van der Waals surface area contributed by atoms with Gasteiger partial charge in [-0.25, -0.2) is 22.5 Å². The molecule has 0 bridgehead atoms. The minimum Gasteiger partial charge on any atom is -0.471 e. The zero-order valence-corrected chi connectivity index (χ0v) is 19.2. The first-order valence-electron chi connectivity index (χ1n) is 10.2. The number of sulfonamides is 1. The van der Waals surface area contributed by atoms with Crippen molar-refractivity contribution in [3.63, 3.8) is 0 Å². The largest absolute Gasteiger partial charge is 0.471 e. The molecule has 4 aromatic rings. The molecule has 0 radical (unpaired) electrons. The maximum absolute atomic E-state index is 13.1. The Kier molecular flexibility index (Phi) is 6.95. The van der Waals surface area contributed by atoms with E-state index in [-0.39, 0.29) is 35.6 Å². The molecule has 3 aromatic heterocycles. The average Bonchev–Trinajstić information content (AvgIpc) is 3.46. The first-order chi connectivity index (χ1) is 16.4. The van der Waals surface area contributed by atoms with E-state index < -0.39 is 15.8 Å². The number of benzene rings is 1. The average molecular weight is 488 g/mol. The Labute approximate surface area is 195 Å². The second-order valence-corrected chi connectivity index (χ2v) is 8.95. The van der Waals surface area contributed by atoms with Gasteiger partial charge in [-0.15, -0.1) is 0 Å². The van der Waals surface area contributed by atoms with Crippen molar-refractivity contribution >= 4 is 10.0 Å². The summed E-state index contributed by atoms with van der Waals surface area (Å²) in [7, 11) is -0.216. The van der Waals surface area contributed by atoms with Gasteiger partial charge >= 0.3 is 0 Å². The second kappa shape index (κ2) is 10.1. The summed E-state index contributed by atoms with van der Waals surface area (Å²) in [6.45, 7) is 0.838. The van der Waals surface area contributed by atoms with Gasteiger partial charge in [0.15, 0.2) is 0 Å². The first kappa shape index (κ1) is 23.5. The monoisotopic (exact) mass is 487 g/mol. The highest BCUT2D eigenvalue weighted by atomic mass is 32.2. The highest BCUT2D eigenvalue weighted by Gasteiger charge is 2.20. The Balaban J connectivity index is 1.55. The Morgan fingerprint density at radius 3 is 2.79 bits per heavy atom. The van der Waals surface area contributed by atoms with Gasteiger partial charge in [0.2, 0.25) is 21.7 Å². The molecule has 0 aliphatic carbocycles. The number of aryl methyl sites for hydroxylation is 1. The molecule has 0 atom stereocenters. The number of hydrogen-bond donors (Lipinski definition) is 2. The molecule has 2 N–H and O–H groups in total. The normalized spacial score (nSPS) is 11.6. The smallest absolute Gasteiger partial charge is 0.261 e. The fourth-order valence-electron chi connectivity index (χ4n) is 3.05. The number of nitrogens with one attached hydrogen (secondary N) is 2. The van der Waals surface area contributed by atoms with Gasteiger partial charge in [-0.3, -0.25) is 4.68 Å². The number of ether oxygens (including phenoxy) is 1. The van der Waals surface area contributed by atoms with Crippen molar-refractivity contribution in [1.29, 1.82) is 0 Å². The number of rotatable bonds is 10. The lowest BCUT2D eigenvalue weighted by Gasteiger charge is -2.07. The van der Waals surface area contributed by atoms with Crippen LogP contribution >= 0.6 is 0 Å². The molecule has 1 aromatic carbocycles. The third-order valence-electron chi connectivity index (χ3n) is 4.84. The van der Waals surface area contributed by atoms with Crippen LogP contribution < -0.4 is 14.8 Å². The number of pyridine rings is 1. The standard InChI is InChI=1S/C21H22FN7O4S/c1-23-8-9-26-34(30,31)16-5-3-4-14(10-16)20-27-21(33-28-20)17-12-25-29(2)18(17)13-32-19-7-6-15(22)11-24-19/h3-7,10-12,23,26H,8-9,13H2,1-2H3. The zero-order chi connectivity index (χ0) is 24.1. The predicted octanol–water partition coefficient (Wildman–Crippen LogP) is 1.75. The highest BCUT2D eigenvalue weighted by Crippen LogP contribution is 2.26. The topological polar surface area (TPSA) is 137 Å². The molecule has 11 nitrogen and oxygen atoms in total. The highest BCUT2D eigenvalue weighted by molar-refractivity contribution is 7.89. The summed E-state index contributed by atoms with van der Waals surface area (Å²) >= 11 is 0. The fourth-order valence-corrected chi connectivity index (χ4v) is 4.13. The van der Waals surface area contributed by atoms with E-state index in [2.05, 4.69) is 30.3 Å². The fraction of sp³-hybridized carbons (Fsp3) is 0.238. The van der Waals surface area contributed by atoms with Crippen LogP contribution in [-0.2, 0) is 23.7 Å². The van der Waals surface area contributed by atoms with Gasteiger partial charge < -0.3 is 14.6 Å². The number of hydrogen-bond acceptors (Lipinski definition) is 9. The van der Waals surface area contributed by atoms with Gasteiger partial charge in [-0.1, -0.05) is 17.3 Å². The van der Waals surface area contributed by atoms with E-state index in [1.807, 2.05) is 0 Å². The molecule has 0 amide bonds. The van der Waals surface area contributed by atoms with Crippen molar-refractivity contribution < 1.29 is 22.1 Å². The molecule has 0 unspecified atom stereocenters. The van der Waals surface area contributed by atoms with Crippen LogP contribution in [0.25, 0.3) is 22.8 Å². The molecule has 13 heteroatoms. The number of halogens is 1.